The number of alkyl halides is 5. The summed E-state index contributed by atoms with van der Waals surface area (Å²) in [5.41, 5.74) is 0.896. The van der Waals surface area contributed by atoms with Crippen LogP contribution in [-0.4, -0.2) is 61.6 Å². The van der Waals surface area contributed by atoms with Crippen molar-refractivity contribution in [1.29, 1.82) is 0 Å². The van der Waals surface area contributed by atoms with E-state index in [2.05, 4.69) is 36.0 Å². The van der Waals surface area contributed by atoms with E-state index in [0.29, 0.717) is 49.4 Å². The lowest BCUT2D eigenvalue weighted by atomic mass is 9.83. The fraction of sp³-hybridized carbons (Fsp3) is 0.560. The molecule has 3 N–H and O–H groups in total. The number of amides is 2. The summed E-state index contributed by atoms with van der Waals surface area (Å²) < 4.78 is 73.1. The van der Waals surface area contributed by atoms with Gasteiger partial charge < -0.3 is 20.7 Å². The van der Waals surface area contributed by atoms with Gasteiger partial charge in [-0.1, -0.05) is 0 Å². The molecule has 3 aliphatic rings. The average molecular weight is 615 g/mol. The topological polar surface area (TPSA) is 128 Å². The highest BCUT2D eigenvalue weighted by molar-refractivity contribution is 7.17. The summed E-state index contributed by atoms with van der Waals surface area (Å²) in [6, 6.07) is 1.05. The summed E-state index contributed by atoms with van der Waals surface area (Å²) in [5, 5.41) is 20.6. The molecule has 3 aromatic heterocycles. The van der Waals surface area contributed by atoms with E-state index in [-0.39, 0.29) is 34.9 Å². The van der Waals surface area contributed by atoms with Crippen LogP contribution < -0.4 is 20.7 Å². The highest BCUT2D eigenvalue weighted by atomic mass is 32.1. The van der Waals surface area contributed by atoms with Gasteiger partial charge in [-0.05, 0) is 43.6 Å². The maximum atomic E-state index is 13.6. The molecule has 11 nitrogen and oxygen atoms in total. The number of carbonyl (C=O) groups is 2. The molecule has 0 bridgehead atoms. The first-order chi connectivity index (χ1) is 20.0. The standard InChI is InChI=1S/C25H27F5N8O3S/c1-37-17(7-18(36-37)41-23(27)28)33-24-35-32-10-38(24)13-2-3-16-14(6-13)19(21(40)31-9-11-4-12(26)5-11)22(42-16)34-20(39)15-8-25(15,29)30/h7,10-13,15,23H,2-6,8-9H2,1H3,(H,31,40)(H,33,35)(H,34,39)/t11-,12-,13-,15+/m0/s1. The average Bonchev–Trinajstić information content (AvgIpc) is 3.24. The van der Waals surface area contributed by atoms with Crippen molar-refractivity contribution in [1.82, 2.24) is 29.9 Å². The SMILES string of the molecule is Cn1nc(OC(F)F)cc1Nc1nncn1[C@H]1CCc2sc(NC(=O)[C@H]3CC3(F)F)c(C(=O)NC[C@H]3C[C@H](F)C3)c2C1. The number of hydrogen-bond donors (Lipinski definition) is 3. The van der Waals surface area contributed by atoms with E-state index in [1.807, 2.05) is 0 Å². The molecule has 3 aromatic rings. The number of thiophene rings is 1. The van der Waals surface area contributed by atoms with Gasteiger partial charge in [-0.2, -0.15) is 8.78 Å². The van der Waals surface area contributed by atoms with Crippen LogP contribution in [0.2, 0.25) is 0 Å². The van der Waals surface area contributed by atoms with Crippen LogP contribution in [0.1, 0.15) is 52.5 Å². The summed E-state index contributed by atoms with van der Waals surface area (Å²) in [6.07, 6.45) is 2.30. The number of rotatable bonds is 10. The lowest BCUT2D eigenvalue weighted by Crippen LogP contribution is -2.37. The summed E-state index contributed by atoms with van der Waals surface area (Å²) in [5.74, 6) is -5.43. The zero-order valence-corrected chi connectivity index (χ0v) is 23.1. The van der Waals surface area contributed by atoms with Crippen LogP contribution in [0.15, 0.2) is 12.4 Å². The van der Waals surface area contributed by atoms with Gasteiger partial charge in [0.2, 0.25) is 17.7 Å². The van der Waals surface area contributed by atoms with Crippen molar-refractivity contribution in [3.05, 3.63) is 28.4 Å². The predicted molar refractivity (Wildman–Crippen MR) is 140 cm³/mol. The Balaban J connectivity index is 1.23. The number of aromatic nitrogens is 5. The zero-order chi connectivity index (χ0) is 29.8. The van der Waals surface area contributed by atoms with Crippen LogP contribution in [0.3, 0.4) is 0 Å². The monoisotopic (exact) mass is 614 g/mol. The number of halogens is 5. The first-order valence-corrected chi connectivity index (χ1v) is 14.2. The van der Waals surface area contributed by atoms with E-state index < -0.39 is 42.9 Å². The maximum absolute atomic E-state index is 13.6. The van der Waals surface area contributed by atoms with Gasteiger partial charge in [0.25, 0.3) is 11.8 Å². The number of aryl methyl sites for hydroxylation is 2. The van der Waals surface area contributed by atoms with Gasteiger partial charge in [-0.25, -0.2) is 17.9 Å². The minimum Gasteiger partial charge on any atom is -0.415 e. The van der Waals surface area contributed by atoms with Crippen LogP contribution in [0, 0.1) is 11.8 Å². The first-order valence-electron chi connectivity index (χ1n) is 13.4. The quantitative estimate of drug-likeness (QED) is 0.292. The molecule has 226 valence electrons. The maximum Gasteiger partial charge on any atom is 0.388 e. The molecule has 0 aromatic carbocycles. The van der Waals surface area contributed by atoms with E-state index in [1.54, 1.807) is 4.57 Å². The molecule has 2 saturated carbocycles. The third-order valence-electron chi connectivity index (χ3n) is 7.84. The molecule has 0 unspecified atom stereocenters. The van der Waals surface area contributed by atoms with Crippen molar-refractivity contribution in [2.45, 2.75) is 63.3 Å². The number of fused-ring (bicyclic) bond motifs is 1. The Hall–Kier alpha value is -3.76. The Bertz CT molecular complexity index is 1500. The molecule has 0 saturated heterocycles. The van der Waals surface area contributed by atoms with E-state index in [1.165, 1.54) is 35.5 Å². The third-order valence-corrected chi connectivity index (χ3v) is 9.05. The van der Waals surface area contributed by atoms with E-state index in [0.717, 1.165) is 4.88 Å². The fourth-order valence-electron chi connectivity index (χ4n) is 5.39. The van der Waals surface area contributed by atoms with Gasteiger partial charge in [0, 0.05) is 37.0 Å². The molecule has 0 radical (unpaired) electrons. The predicted octanol–water partition coefficient (Wildman–Crippen LogP) is 4.22. The molecule has 3 heterocycles. The fourth-order valence-corrected chi connectivity index (χ4v) is 6.64. The van der Waals surface area contributed by atoms with Crippen LogP contribution >= 0.6 is 11.3 Å². The second kappa shape index (κ2) is 10.8. The molecule has 2 amide bonds. The van der Waals surface area contributed by atoms with Gasteiger partial charge in [-0.15, -0.1) is 26.6 Å². The normalized spacial score (nSPS) is 24.1. The number of anilines is 3. The van der Waals surface area contributed by atoms with Crippen molar-refractivity contribution in [3.63, 3.8) is 0 Å². The van der Waals surface area contributed by atoms with E-state index in [4.69, 9.17) is 0 Å². The largest absolute Gasteiger partial charge is 0.415 e. The number of hydrogen-bond acceptors (Lipinski definition) is 8. The Morgan fingerprint density at radius 2 is 2.05 bits per heavy atom. The van der Waals surface area contributed by atoms with Gasteiger partial charge in [0.1, 0.15) is 29.2 Å². The molecule has 0 spiro atoms. The molecule has 17 heteroatoms. The third kappa shape index (κ3) is 5.65. The van der Waals surface area contributed by atoms with Gasteiger partial charge in [0.15, 0.2) is 0 Å². The molecule has 2 atom stereocenters. The molecule has 42 heavy (non-hydrogen) atoms. The molecule has 6 rings (SSSR count). The first kappa shape index (κ1) is 28.4. The second-order valence-electron chi connectivity index (χ2n) is 10.8. The van der Waals surface area contributed by atoms with Crippen LogP contribution in [0.5, 0.6) is 5.88 Å². The van der Waals surface area contributed by atoms with Gasteiger partial charge in [-0.3, -0.25) is 14.2 Å². The lowest BCUT2D eigenvalue weighted by molar-refractivity contribution is -0.119. The molecular formula is C25H27F5N8O3S. The zero-order valence-electron chi connectivity index (χ0n) is 22.3. The summed E-state index contributed by atoms with van der Waals surface area (Å²) in [4.78, 5) is 26.8. The lowest BCUT2D eigenvalue weighted by Gasteiger charge is -2.29. The number of carbonyl (C=O) groups excluding carboxylic acids is 2. The summed E-state index contributed by atoms with van der Waals surface area (Å²) in [7, 11) is 1.54. The van der Waals surface area contributed by atoms with Crippen molar-refractivity contribution in [2.24, 2.45) is 18.9 Å². The van der Waals surface area contributed by atoms with Crippen molar-refractivity contribution in [3.8, 4) is 5.88 Å². The number of nitrogens with one attached hydrogen (secondary N) is 3. The Morgan fingerprint density at radius 1 is 1.29 bits per heavy atom. The molecular weight excluding hydrogens is 587 g/mol. The number of ether oxygens (including phenoxy) is 1. The minimum atomic E-state index is -3.06. The van der Waals surface area contributed by atoms with E-state index >= 15 is 0 Å². The highest BCUT2D eigenvalue weighted by Gasteiger charge is 2.61. The Labute approximate surface area is 239 Å². The molecule has 3 aliphatic carbocycles. The minimum absolute atomic E-state index is 0.0126. The van der Waals surface area contributed by atoms with Crippen LogP contribution in [0.4, 0.5) is 38.7 Å². The summed E-state index contributed by atoms with van der Waals surface area (Å²) >= 11 is 1.19. The number of nitrogens with zero attached hydrogens (tertiary/aromatic N) is 5. The highest BCUT2D eigenvalue weighted by Crippen LogP contribution is 2.50. The van der Waals surface area contributed by atoms with Crippen molar-refractivity contribution >= 4 is 39.9 Å². The smallest absolute Gasteiger partial charge is 0.388 e. The van der Waals surface area contributed by atoms with Crippen molar-refractivity contribution < 1.29 is 36.3 Å². The van der Waals surface area contributed by atoms with Gasteiger partial charge >= 0.3 is 6.61 Å². The Kier molecular flexibility index (Phi) is 7.31. The molecule has 2 fully saturated rings. The molecule has 0 aliphatic heterocycles. The second-order valence-corrected chi connectivity index (χ2v) is 11.9. The van der Waals surface area contributed by atoms with Gasteiger partial charge in [0.05, 0.1) is 5.56 Å². The van der Waals surface area contributed by atoms with E-state index in [9.17, 15) is 31.5 Å². The van der Waals surface area contributed by atoms with Crippen LogP contribution in [-0.2, 0) is 24.7 Å². The van der Waals surface area contributed by atoms with Crippen molar-refractivity contribution in [2.75, 3.05) is 17.2 Å². The summed E-state index contributed by atoms with van der Waals surface area (Å²) in [6.45, 7) is -2.77. The van der Waals surface area contributed by atoms with Crippen LogP contribution in [0.25, 0.3) is 0 Å². The Morgan fingerprint density at radius 3 is 2.74 bits per heavy atom.